The Morgan fingerprint density at radius 3 is 3.00 bits per heavy atom. The fraction of sp³-hybridized carbons (Fsp3) is 0.750. The highest BCUT2D eigenvalue weighted by molar-refractivity contribution is 8.00. The molecule has 0 aromatic heterocycles. The van der Waals surface area contributed by atoms with Gasteiger partial charge in [0.05, 0.1) is 11.8 Å². The van der Waals surface area contributed by atoms with Crippen molar-refractivity contribution in [3.05, 3.63) is 0 Å². The molecule has 14 heavy (non-hydrogen) atoms. The maximum atomic E-state index is 11.2. The first-order valence-corrected chi connectivity index (χ1v) is 5.88. The van der Waals surface area contributed by atoms with E-state index < -0.39 is 11.4 Å². The van der Waals surface area contributed by atoms with Gasteiger partial charge in [0.15, 0.2) is 0 Å². The molecule has 0 radical (unpaired) electrons. The molecule has 0 aromatic rings. The van der Waals surface area contributed by atoms with E-state index in [1.165, 1.54) is 11.8 Å². The molecule has 2 aliphatic rings. The Bertz CT molecular complexity index is 298. The van der Waals surface area contributed by atoms with Crippen LogP contribution < -0.4 is 0 Å². The minimum atomic E-state index is -0.946. The third-order valence-corrected chi connectivity index (χ3v) is 4.79. The number of aliphatic carboxylic acids is 1. The van der Waals surface area contributed by atoms with Crippen LogP contribution in [0, 0.1) is 5.41 Å². The minimum Gasteiger partial charge on any atom is -0.481 e. The molecule has 4 nitrogen and oxygen atoms in total. The Kier molecular flexibility index (Phi) is 2.39. The average Bonchev–Trinajstić information content (AvgIpc) is 2.16. The lowest BCUT2D eigenvalue weighted by Crippen LogP contribution is -2.61. The van der Waals surface area contributed by atoms with E-state index in [1.807, 2.05) is 0 Å². The molecule has 2 atom stereocenters. The smallest absolute Gasteiger partial charge is 0.313 e. The third kappa shape index (κ3) is 1.30. The number of rotatable bonds is 2. The van der Waals surface area contributed by atoms with Crippen LogP contribution >= 0.6 is 23.4 Å². The van der Waals surface area contributed by atoms with Crippen LogP contribution in [0.1, 0.15) is 6.42 Å². The molecule has 2 rings (SSSR count). The third-order valence-electron chi connectivity index (χ3n) is 2.75. The fourth-order valence-corrected chi connectivity index (χ4v) is 3.52. The van der Waals surface area contributed by atoms with Gasteiger partial charge in [0.2, 0.25) is 5.91 Å². The highest BCUT2D eigenvalue weighted by Crippen LogP contribution is 2.42. The van der Waals surface area contributed by atoms with Crippen molar-refractivity contribution in [1.82, 2.24) is 4.90 Å². The number of carbonyl (C=O) groups excluding carboxylic acids is 1. The van der Waals surface area contributed by atoms with Crippen LogP contribution in [0.25, 0.3) is 0 Å². The first-order valence-electron chi connectivity index (χ1n) is 4.29. The summed E-state index contributed by atoms with van der Waals surface area (Å²) in [7, 11) is 0. The zero-order valence-corrected chi connectivity index (χ0v) is 8.98. The molecule has 1 N–H and O–H groups in total. The summed E-state index contributed by atoms with van der Waals surface area (Å²) < 4.78 is 0. The second-order valence-electron chi connectivity index (χ2n) is 3.71. The van der Waals surface area contributed by atoms with Gasteiger partial charge in [0.25, 0.3) is 0 Å². The van der Waals surface area contributed by atoms with Crippen molar-refractivity contribution in [1.29, 1.82) is 0 Å². The predicted octanol–water partition coefficient (Wildman–Crippen LogP) is 0.601. The molecule has 0 aromatic carbocycles. The van der Waals surface area contributed by atoms with E-state index in [2.05, 4.69) is 0 Å². The molecule has 2 aliphatic heterocycles. The molecule has 2 saturated heterocycles. The predicted molar refractivity (Wildman–Crippen MR) is 53.4 cm³/mol. The zero-order valence-electron chi connectivity index (χ0n) is 7.40. The molecule has 2 heterocycles. The van der Waals surface area contributed by atoms with Gasteiger partial charge in [-0.2, -0.15) is 0 Å². The van der Waals surface area contributed by atoms with Gasteiger partial charge < -0.3 is 10.0 Å². The van der Waals surface area contributed by atoms with Crippen molar-refractivity contribution in [3.8, 4) is 0 Å². The lowest BCUT2D eigenvalue weighted by molar-refractivity contribution is -0.153. The number of alkyl halides is 1. The van der Waals surface area contributed by atoms with Gasteiger partial charge in [-0.25, -0.2) is 0 Å². The summed E-state index contributed by atoms with van der Waals surface area (Å²) in [4.78, 5) is 23.8. The standard InChI is InChI=1S/C8H10ClNO3S/c9-2-8(7(12)13)3-10-5(11)1-6(10)14-4-8/h6H,1-4H2,(H,12,13)/t6-,8?/m1/s1. The second kappa shape index (κ2) is 3.31. The number of carbonyl (C=O) groups is 2. The van der Waals surface area contributed by atoms with Crippen LogP contribution in [0.15, 0.2) is 0 Å². The van der Waals surface area contributed by atoms with Crippen molar-refractivity contribution in [3.63, 3.8) is 0 Å². The van der Waals surface area contributed by atoms with Crippen LogP contribution in [0.5, 0.6) is 0 Å². The van der Waals surface area contributed by atoms with Gasteiger partial charge in [-0.3, -0.25) is 9.59 Å². The van der Waals surface area contributed by atoms with E-state index >= 15 is 0 Å². The van der Waals surface area contributed by atoms with Gasteiger partial charge in [0.1, 0.15) is 5.41 Å². The summed E-state index contributed by atoms with van der Waals surface area (Å²) in [6, 6.07) is 0. The number of hydrogen-bond acceptors (Lipinski definition) is 3. The average molecular weight is 236 g/mol. The highest BCUT2D eigenvalue weighted by Gasteiger charge is 2.51. The van der Waals surface area contributed by atoms with Crippen molar-refractivity contribution < 1.29 is 14.7 Å². The number of nitrogens with zero attached hydrogens (tertiary/aromatic N) is 1. The molecular formula is C8H10ClNO3S. The number of carboxylic acid groups (broad SMARTS) is 1. The van der Waals surface area contributed by atoms with Crippen LogP contribution in [-0.2, 0) is 9.59 Å². The van der Waals surface area contributed by atoms with Crippen molar-refractivity contribution in [2.45, 2.75) is 11.8 Å². The number of β-lactam (4-membered cyclic amide) rings is 1. The molecule has 0 spiro atoms. The molecule has 6 heteroatoms. The Hall–Kier alpha value is -0.420. The molecule has 1 amide bonds. The fourth-order valence-electron chi connectivity index (χ4n) is 1.66. The Labute approximate surface area is 90.6 Å². The van der Waals surface area contributed by atoms with E-state index in [1.54, 1.807) is 4.90 Å². The summed E-state index contributed by atoms with van der Waals surface area (Å²) in [6.07, 6.45) is 0.544. The van der Waals surface area contributed by atoms with Crippen molar-refractivity contribution in [2.24, 2.45) is 5.41 Å². The van der Waals surface area contributed by atoms with E-state index in [-0.39, 0.29) is 23.7 Å². The molecule has 0 bridgehead atoms. The molecule has 0 aliphatic carbocycles. The maximum Gasteiger partial charge on any atom is 0.313 e. The van der Waals surface area contributed by atoms with E-state index in [9.17, 15) is 9.59 Å². The quantitative estimate of drug-likeness (QED) is 0.563. The van der Waals surface area contributed by atoms with Crippen molar-refractivity contribution >= 4 is 35.2 Å². The number of halogens is 1. The van der Waals surface area contributed by atoms with Crippen LogP contribution in [0.4, 0.5) is 0 Å². The number of hydrogen-bond donors (Lipinski definition) is 1. The lowest BCUT2D eigenvalue weighted by atomic mass is 9.90. The highest BCUT2D eigenvalue weighted by atomic mass is 35.5. The largest absolute Gasteiger partial charge is 0.481 e. The van der Waals surface area contributed by atoms with Gasteiger partial charge in [-0.15, -0.1) is 23.4 Å². The van der Waals surface area contributed by atoms with Gasteiger partial charge in [0, 0.05) is 18.2 Å². The van der Waals surface area contributed by atoms with Gasteiger partial charge in [-0.05, 0) is 0 Å². The monoisotopic (exact) mass is 235 g/mol. The Morgan fingerprint density at radius 2 is 2.50 bits per heavy atom. The van der Waals surface area contributed by atoms with Crippen LogP contribution in [0.3, 0.4) is 0 Å². The van der Waals surface area contributed by atoms with Crippen molar-refractivity contribution in [2.75, 3.05) is 18.2 Å². The molecule has 0 saturated carbocycles. The van der Waals surface area contributed by atoms with Gasteiger partial charge >= 0.3 is 5.97 Å². The minimum absolute atomic E-state index is 0.0398. The number of amides is 1. The summed E-state index contributed by atoms with van der Waals surface area (Å²) in [6.45, 7) is 0.266. The zero-order chi connectivity index (χ0) is 10.3. The van der Waals surface area contributed by atoms with Crippen LogP contribution in [-0.4, -0.2) is 45.4 Å². The van der Waals surface area contributed by atoms with Crippen LogP contribution in [0.2, 0.25) is 0 Å². The molecule has 2 fully saturated rings. The van der Waals surface area contributed by atoms with E-state index in [0.717, 1.165) is 0 Å². The first kappa shape index (κ1) is 10.1. The lowest BCUT2D eigenvalue weighted by Gasteiger charge is -2.49. The second-order valence-corrected chi connectivity index (χ2v) is 5.14. The summed E-state index contributed by atoms with van der Waals surface area (Å²) in [5.74, 6) is -0.303. The number of fused-ring (bicyclic) bond motifs is 1. The topological polar surface area (TPSA) is 57.6 Å². The van der Waals surface area contributed by atoms with Gasteiger partial charge in [-0.1, -0.05) is 0 Å². The Morgan fingerprint density at radius 1 is 1.79 bits per heavy atom. The number of carboxylic acids is 1. The molecule has 1 unspecified atom stereocenters. The molecular weight excluding hydrogens is 226 g/mol. The summed E-state index contributed by atoms with van der Waals surface area (Å²) in [5, 5.41) is 9.26. The normalized spacial score (nSPS) is 36.2. The Balaban J connectivity index is 2.15. The maximum absolute atomic E-state index is 11.2. The van der Waals surface area contributed by atoms with E-state index in [0.29, 0.717) is 12.2 Å². The molecule has 78 valence electrons. The summed E-state index contributed by atoms with van der Waals surface area (Å²) in [5.41, 5.74) is -0.946. The first-order chi connectivity index (χ1) is 6.59. The SMILES string of the molecule is O=C1C[C@H]2SCC(CCl)(C(=O)O)CN12. The number of thioether (sulfide) groups is 1. The van der Waals surface area contributed by atoms with E-state index in [4.69, 9.17) is 16.7 Å². The summed E-state index contributed by atoms with van der Waals surface area (Å²) >= 11 is 7.20.